The van der Waals surface area contributed by atoms with E-state index in [4.69, 9.17) is 11.6 Å². The van der Waals surface area contributed by atoms with Crippen molar-refractivity contribution in [1.29, 1.82) is 0 Å². The summed E-state index contributed by atoms with van der Waals surface area (Å²) in [5.41, 5.74) is 1.20. The third-order valence-electron chi connectivity index (χ3n) is 1.25. The highest BCUT2D eigenvalue weighted by Crippen LogP contribution is 2.26. The fourth-order valence-electron chi connectivity index (χ4n) is 0.606. The summed E-state index contributed by atoms with van der Waals surface area (Å²) in [5.74, 6) is 0. The van der Waals surface area contributed by atoms with Crippen LogP contribution in [0.5, 0.6) is 0 Å². The predicted octanol–water partition coefficient (Wildman–Crippen LogP) is 3.09. The molecule has 0 amide bonds. The number of rotatable bonds is 0. The van der Waals surface area contributed by atoms with Gasteiger partial charge in [0.1, 0.15) is 4.34 Å². The van der Waals surface area contributed by atoms with Crippen LogP contribution in [0.1, 0.15) is 26.5 Å². The Balaban J connectivity index is 2.96. The topological polar surface area (TPSA) is 12.9 Å². The molecule has 0 unspecified atom stereocenters. The zero-order chi connectivity index (χ0) is 7.78. The summed E-state index contributed by atoms with van der Waals surface area (Å²) >= 11 is 7.07. The van der Waals surface area contributed by atoms with Crippen molar-refractivity contribution in [3.8, 4) is 0 Å². The van der Waals surface area contributed by atoms with E-state index in [0.717, 1.165) is 10.0 Å². The van der Waals surface area contributed by atoms with Crippen LogP contribution in [0.2, 0.25) is 4.34 Å². The molecule has 1 aromatic rings. The molecule has 56 valence electrons. The third kappa shape index (κ3) is 1.70. The third-order valence-corrected chi connectivity index (χ3v) is 2.15. The van der Waals surface area contributed by atoms with E-state index >= 15 is 0 Å². The molecule has 1 rings (SSSR count). The Morgan fingerprint density at radius 2 is 2.10 bits per heavy atom. The summed E-state index contributed by atoms with van der Waals surface area (Å²) < 4.78 is 4.97. The van der Waals surface area contributed by atoms with Crippen LogP contribution in [0.25, 0.3) is 0 Å². The van der Waals surface area contributed by atoms with Gasteiger partial charge in [-0.3, -0.25) is 0 Å². The summed E-state index contributed by atoms with van der Waals surface area (Å²) in [6, 6.07) is 1.92. The molecule has 0 N–H and O–H groups in total. The minimum Gasteiger partial charge on any atom is -0.196 e. The highest BCUT2D eigenvalue weighted by molar-refractivity contribution is 7.10. The summed E-state index contributed by atoms with van der Waals surface area (Å²) in [7, 11) is 0. The number of halogens is 1. The lowest BCUT2D eigenvalue weighted by Gasteiger charge is -2.13. The Kier molecular flexibility index (Phi) is 2.02. The Labute approximate surface area is 70.2 Å². The molecular weight excluding hydrogens is 166 g/mol. The van der Waals surface area contributed by atoms with Gasteiger partial charge in [-0.2, -0.15) is 4.37 Å². The van der Waals surface area contributed by atoms with Gasteiger partial charge in [-0.1, -0.05) is 32.4 Å². The van der Waals surface area contributed by atoms with E-state index < -0.39 is 0 Å². The Morgan fingerprint density at radius 1 is 1.50 bits per heavy atom. The van der Waals surface area contributed by atoms with E-state index in [1.54, 1.807) is 0 Å². The van der Waals surface area contributed by atoms with Crippen LogP contribution >= 0.6 is 23.1 Å². The van der Waals surface area contributed by atoms with Gasteiger partial charge in [0.05, 0.1) is 5.69 Å². The summed E-state index contributed by atoms with van der Waals surface area (Å²) in [6.07, 6.45) is 0. The average Bonchev–Trinajstić information content (AvgIpc) is 2.11. The number of nitrogens with zero attached hydrogens (tertiary/aromatic N) is 1. The SMILES string of the molecule is CC(C)(C)c1cc(Cl)sn1. The van der Waals surface area contributed by atoms with E-state index in [0.29, 0.717) is 0 Å². The molecule has 1 nitrogen and oxygen atoms in total. The van der Waals surface area contributed by atoms with E-state index in [1.807, 2.05) is 6.07 Å². The first-order valence-electron chi connectivity index (χ1n) is 3.13. The van der Waals surface area contributed by atoms with Crippen molar-refractivity contribution in [2.24, 2.45) is 0 Å². The molecule has 1 aromatic heterocycles. The van der Waals surface area contributed by atoms with Gasteiger partial charge in [0, 0.05) is 5.41 Å². The van der Waals surface area contributed by atoms with E-state index in [2.05, 4.69) is 25.1 Å². The molecule has 10 heavy (non-hydrogen) atoms. The number of hydrogen-bond donors (Lipinski definition) is 0. The maximum absolute atomic E-state index is 5.72. The van der Waals surface area contributed by atoms with Crippen LogP contribution in [-0.4, -0.2) is 4.37 Å². The summed E-state index contributed by atoms with van der Waals surface area (Å²) in [5, 5.41) is 0. The molecule has 0 atom stereocenters. The lowest BCUT2D eigenvalue weighted by atomic mass is 9.93. The first-order valence-corrected chi connectivity index (χ1v) is 4.28. The fourth-order valence-corrected chi connectivity index (χ4v) is 1.49. The zero-order valence-electron chi connectivity index (χ0n) is 6.31. The van der Waals surface area contributed by atoms with Crippen molar-refractivity contribution in [3.63, 3.8) is 0 Å². The number of aromatic nitrogens is 1. The van der Waals surface area contributed by atoms with Crippen molar-refractivity contribution in [2.75, 3.05) is 0 Å². The van der Waals surface area contributed by atoms with Crippen molar-refractivity contribution in [1.82, 2.24) is 4.37 Å². The molecule has 0 aromatic carbocycles. The second kappa shape index (κ2) is 2.51. The maximum Gasteiger partial charge on any atom is 0.114 e. The quantitative estimate of drug-likeness (QED) is 0.591. The largest absolute Gasteiger partial charge is 0.196 e. The monoisotopic (exact) mass is 175 g/mol. The van der Waals surface area contributed by atoms with Crippen LogP contribution in [0, 0.1) is 0 Å². The van der Waals surface area contributed by atoms with Crippen molar-refractivity contribution >= 4 is 23.1 Å². The van der Waals surface area contributed by atoms with Crippen LogP contribution in [0.4, 0.5) is 0 Å². The first-order chi connectivity index (χ1) is 4.50. The second-order valence-corrected chi connectivity index (χ2v) is 4.70. The first kappa shape index (κ1) is 8.02. The summed E-state index contributed by atoms with van der Waals surface area (Å²) in [6.45, 7) is 6.37. The minimum atomic E-state index is 0.129. The molecule has 3 heteroatoms. The van der Waals surface area contributed by atoms with Crippen molar-refractivity contribution < 1.29 is 0 Å². The zero-order valence-corrected chi connectivity index (χ0v) is 7.88. The molecule has 0 aliphatic rings. The number of hydrogen-bond acceptors (Lipinski definition) is 2. The van der Waals surface area contributed by atoms with Gasteiger partial charge in [0.15, 0.2) is 0 Å². The molecular formula is C7H10ClNS. The molecule has 0 fully saturated rings. The average molecular weight is 176 g/mol. The van der Waals surface area contributed by atoms with Gasteiger partial charge in [-0.05, 0) is 17.6 Å². The Hall–Kier alpha value is -0.0800. The van der Waals surface area contributed by atoms with Gasteiger partial charge in [0.2, 0.25) is 0 Å². The molecule has 0 saturated carbocycles. The van der Waals surface area contributed by atoms with Gasteiger partial charge in [-0.15, -0.1) is 0 Å². The van der Waals surface area contributed by atoms with Gasteiger partial charge in [-0.25, -0.2) is 0 Å². The molecule has 0 spiro atoms. The summed E-state index contributed by atoms with van der Waals surface area (Å²) in [4.78, 5) is 0. The van der Waals surface area contributed by atoms with Gasteiger partial charge < -0.3 is 0 Å². The Morgan fingerprint density at radius 3 is 2.30 bits per heavy atom. The van der Waals surface area contributed by atoms with E-state index in [1.165, 1.54) is 11.5 Å². The maximum atomic E-state index is 5.72. The van der Waals surface area contributed by atoms with Crippen LogP contribution in [0.15, 0.2) is 6.07 Å². The van der Waals surface area contributed by atoms with Crippen LogP contribution < -0.4 is 0 Å². The molecule has 0 aliphatic heterocycles. The standard InChI is InChI=1S/C7H10ClNS/c1-7(2,3)5-4-6(8)10-9-5/h4H,1-3H3. The molecule has 0 bridgehead atoms. The fraction of sp³-hybridized carbons (Fsp3) is 0.571. The van der Waals surface area contributed by atoms with Crippen LogP contribution in [-0.2, 0) is 5.41 Å². The Bertz CT molecular complexity index is 224. The highest BCUT2D eigenvalue weighted by atomic mass is 35.5. The lowest BCUT2D eigenvalue weighted by molar-refractivity contribution is 0.576. The van der Waals surface area contributed by atoms with Crippen LogP contribution in [0.3, 0.4) is 0 Å². The van der Waals surface area contributed by atoms with Crippen molar-refractivity contribution in [2.45, 2.75) is 26.2 Å². The van der Waals surface area contributed by atoms with E-state index in [-0.39, 0.29) is 5.41 Å². The minimum absolute atomic E-state index is 0.129. The smallest absolute Gasteiger partial charge is 0.114 e. The second-order valence-electron chi connectivity index (χ2n) is 3.27. The predicted molar refractivity (Wildman–Crippen MR) is 45.8 cm³/mol. The van der Waals surface area contributed by atoms with Gasteiger partial charge >= 0.3 is 0 Å². The molecule has 0 aliphatic carbocycles. The van der Waals surface area contributed by atoms with Gasteiger partial charge in [0.25, 0.3) is 0 Å². The van der Waals surface area contributed by atoms with E-state index in [9.17, 15) is 0 Å². The molecule has 1 heterocycles. The highest BCUT2D eigenvalue weighted by Gasteiger charge is 2.16. The normalized spacial score (nSPS) is 12.0. The molecule has 0 saturated heterocycles. The van der Waals surface area contributed by atoms with Crippen molar-refractivity contribution in [3.05, 3.63) is 16.1 Å². The molecule has 0 radical (unpaired) electrons. The lowest BCUT2D eigenvalue weighted by Crippen LogP contribution is -2.10.